The molecule has 0 aromatic heterocycles. The number of carbonyl (C=O) groups is 1. The van der Waals surface area contributed by atoms with Crippen LogP contribution < -0.4 is 5.32 Å². The first kappa shape index (κ1) is 15.4. The zero-order valence-electron chi connectivity index (χ0n) is 11.0. The standard InChI is InChI=1S/C13H25NO.H2O/c1-5-14-13(15)12-8-10(4)6-7-11(12)9(2)3;/h9-12H,5-8H2,1-4H3,(H,14,15);1H2. The third-order valence-electron chi connectivity index (χ3n) is 3.71. The maximum Gasteiger partial charge on any atom is 0.223 e. The van der Waals surface area contributed by atoms with E-state index in [0.29, 0.717) is 17.8 Å². The molecule has 1 aliphatic carbocycles. The van der Waals surface area contributed by atoms with Gasteiger partial charge in [0, 0.05) is 12.5 Å². The van der Waals surface area contributed by atoms with Crippen LogP contribution in [0.25, 0.3) is 0 Å². The van der Waals surface area contributed by atoms with Crippen LogP contribution >= 0.6 is 0 Å². The van der Waals surface area contributed by atoms with Gasteiger partial charge < -0.3 is 10.8 Å². The molecule has 1 saturated carbocycles. The monoisotopic (exact) mass is 229 g/mol. The summed E-state index contributed by atoms with van der Waals surface area (Å²) >= 11 is 0. The molecule has 0 saturated heterocycles. The largest absolute Gasteiger partial charge is 0.412 e. The molecular formula is C13H27NO2. The summed E-state index contributed by atoms with van der Waals surface area (Å²) in [6.45, 7) is 9.51. The van der Waals surface area contributed by atoms with Gasteiger partial charge in [0.25, 0.3) is 0 Å². The molecule has 0 spiro atoms. The van der Waals surface area contributed by atoms with Crippen molar-refractivity contribution in [2.24, 2.45) is 23.7 Å². The van der Waals surface area contributed by atoms with Gasteiger partial charge in [0.15, 0.2) is 0 Å². The smallest absolute Gasteiger partial charge is 0.223 e. The van der Waals surface area contributed by atoms with E-state index in [4.69, 9.17) is 0 Å². The second-order valence-electron chi connectivity index (χ2n) is 5.33. The maximum atomic E-state index is 11.9. The summed E-state index contributed by atoms with van der Waals surface area (Å²) in [6, 6.07) is 0. The molecule has 0 radical (unpaired) electrons. The molecule has 0 heterocycles. The Morgan fingerprint density at radius 3 is 2.50 bits per heavy atom. The van der Waals surface area contributed by atoms with Crippen LogP contribution in [0.4, 0.5) is 0 Å². The van der Waals surface area contributed by atoms with Crippen LogP contribution in [-0.2, 0) is 4.79 Å². The number of hydrogen-bond acceptors (Lipinski definition) is 1. The van der Waals surface area contributed by atoms with Gasteiger partial charge in [-0.3, -0.25) is 4.79 Å². The van der Waals surface area contributed by atoms with Crippen molar-refractivity contribution in [2.75, 3.05) is 6.54 Å². The van der Waals surface area contributed by atoms with Crippen LogP contribution in [0, 0.1) is 23.7 Å². The van der Waals surface area contributed by atoms with Crippen molar-refractivity contribution in [3.63, 3.8) is 0 Å². The molecule has 1 amide bonds. The van der Waals surface area contributed by atoms with Gasteiger partial charge in [-0.05, 0) is 37.5 Å². The fourth-order valence-corrected chi connectivity index (χ4v) is 2.81. The van der Waals surface area contributed by atoms with Crippen molar-refractivity contribution in [2.45, 2.75) is 47.0 Å². The Morgan fingerprint density at radius 2 is 2.00 bits per heavy atom. The maximum absolute atomic E-state index is 11.9. The fourth-order valence-electron chi connectivity index (χ4n) is 2.81. The fraction of sp³-hybridized carbons (Fsp3) is 0.923. The Labute approximate surface area is 99.3 Å². The van der Waals surface area contributed by atoms with Gasteiger partial charge in [-0.15, -0.1) is 0 Å². The van der Waals surface area contributed by atoms with Gasteiger partial charge in [0.1, 0.15) is 0 Å². The van der Waals surface area contributed by atoms with Gasteiger partial charge in [-0.1, -0.05) is 27.2 Å². The van der Waals surface area contributed by atoms with Gasteiger partial charge in [-0.25, -0.2) is 0 Å². The highest BCUT2D eigenvalue weighted by Gasteiger charge is 2.34. The highest BCUT2D eigenvalue weighted by molar-refractivity contribution is 5.79. The lowest BCUT2D eigenvalue weighted by Gasteiger charge is -2.36. The molecule has 1 aliphatic rings. The molecule has 0 aromatic carbocycles. The van der Waals surface area contributed by atoms with Gasteiger partial charge in [0.05, 0.1) is 0 Å². The van der Waals surface area contributed by atoms with Crippen molar-refractivity contribution in [3.8, 4) is 0 Å². The van der Waals surface area contributed by atoms with Crippen molar-refractivity contribution < 1.29 is 10.3 Å². The Hall–Kier alpha value is -0.570. The summed E-state index contributed by atoms with van der Waals surface area (Å²) in [5.74, 6) is 2.47. The average Bonchev–Trinajstić information content (AvgIpc) is 2.17. The molecular weight excluding hydrogens is 202 g/mol. The molecule has 0 aromatic rings. The topological polar surface area (TPSA) is 60.6 Å². The molecule has 3 unspecified atom stereocenters. The zero-order valence-corrected chi connectivity index (χ0v) is 11.0. The lowest BCUT2D eigenvalue weighted by atomic mass is 9.70. The summed E-state index contributed by atoms with van der Waals surface area (Å²) in [5, 5.41) is 2.98. The van der Waals surface area contributed by atoms with Crippen LogP contribution in [0.15, 0.2) is 0 Å². The Balaban J connectivity index is 0.00000225. The Morgan fingerprint density at radius 1 is 1.38 bits per heavy atom. The predicted octanol–water partition coefficient (Wildman–Crippen LogP) is 2.01. The van der Waals surface area contributed by atoms with E-state index in [-0.39, 0.29) is 17.3 Å². The van der Waals surface area contributed by atoms with Crippen LogP contribution in [0.3, 0.4) is 0 Å². The van der Waals surface area contributed by atoms with E-state index in [1.54, 1.807) is 0 Å². The van der Waals surface area contributed by atoms with E-state index >= 15 is 0 Å². The normalized spacial score (nSPS) is 29.7. The quantitative estimate of drug-likeness (QED) is 0.790. The van der Waals surface area contributed by atoms with Gasteiger partial charge in [0.2, 0.25) is 5.91 Å². The van der Waals surface area contributed by atoms with Crippen LogP contribution in [-0.4, -0.2) is 17.9 Å². The van der Waals surface area contributed by atoms with Crippen molar-refractivity contribution in [1.29, 1.82) is 0 Å². The first-order valence-corrected chi connectivity index (χ1v) is 6.34. The summed E-state index contributed by atoms with van der Waals surface area (Å²) < 4.78 is 0. The Bertz CT molecular complexity index is 216. The first-order chi connectivity index (χ1) is 7.06. The third-order valence-corrected chi connectivity index (χ3v) is 3.71. The van der Waals surface area contributed by atoms with E-state index in [2.05, 4.69) is 26.1 Å². The number of amides is 1. The van der Waals surface area contributed by atoms with Crippen molar-refractivity contribution in [3.05, 3.63) is 0 Å². The minimum absolute atomic E-state index is 0. The minimum atomic E-state index is 0. The lowest BCUT2D eigenvalue weighted by molar-refractivity contribution is -0.129. The van der Waals surface area contributed by atoms with Crippen molar-refractivity contribution in [1.82, 2.24) is 5.32 Å². The molecule has 3 atom stereocenters. The summed E-state index contributed by atoms with van der Waals surface area (Å²) in [6.07, 6.45) is 3.59. The summed E-state index contributed by atoms with van der Waals surface area (Å²) in [5.41, 5.74) is 0. The minimum Gasteiger partial charge on any atom is -0.412 e. The SMILES string of the molecule is CCNC(=O)C1CC(C)CCC1C(C)C.O. The molecule has 16 heavy (non-hydrogen) atoms. The lowest BCUT2D eigenvalue weighted by Crippen LogP contribution is -2.40. The van der Waals surface area contributed by atoms with Gasteiger partial charge >= 0.3 is 0 Å². The van der Waals surface area contributed by atoms with E-state index in [1.807, 2.05) is 6.92 Å². The summed E-state index contributed by atoms with van der Waals surface area (Å²) in [4.78, 5) is 11.9. The predicted molar refractivity (Wildman–Crippen MR) is 67.1 cm³/mol. The average molecular weight is 229 g/mol. The highest BCUT2D eigenvalue weighted by atomic mass is 16.1. The molecule has 1 rings (SSSR count). The second-order valence-corrected chi connectivity index (χ2v) is 5.33. The van der Waals surface area contributed by atoms with Gasteiger partial charge in [-0.2, -0.15) is 0 Å². The first-order valence-electron chi connectivity index (χ1n) is 6.34. The number of carbonyl (C=O) groups excluding carboxylic acids is 1. The number of nitrogens with one attached hydrogen (secondary N) is 1. The number of rotatable bonds is 3. The second kappa shape index (κ2) is 6.89. The molecule has 3 N–H and O–H groups in total. The third kappa shape index (κ3) is 3.78. The number of hydrogen-bond donors (Lipinski definition) is 1. The molecule has 0 bridgehead atoms. The van der Waals surface area contributed by atoms with E-state index in [1.165, 1.54) is 12.8 Å². The highest BCUT2D eigenvalue weighted by Crippen LogP contribution is 2.37. The summed E-state index contributed by atoms with van der Waals surface area (Å²) in [7, 11) is 0. The van der Waals surface area contributed by atoms with E-state index in [9.17, 15) is 4.79 Å². The van der Waals surface area contributed by atoms with E-state index in [0.717, 1.165) is 13.0 Å². The molecule has 0 aliphatic heterocycles. The zero-order chi connectivity index (χ0) is 11.4. The molecule has 1 fully saturated rings. The van der Waals surface area contributed by atoms with Crippen molar-refractivity contribution >= 4 is 5.91 Å². The van der Waals surface area contributed by atoms with Crippen LogP contribution in [0.2, 0.25) is 0 Å². The van der Waals surface area contributed by atoms with Crippen LogP contribution in [0.1, 0.15) is 47.0 Å². The van der Waals surface area contributed by atoms with Crippen LogP contribution in [0.5, 0.6) is 0 Å². The van der Waals surface area contributed by atoms with E-state index < -0.39 is 0 Å². The molecule has 3 heteroatoms. The Kier molecular flexibility index (Phi) is 6.65. The molecule has 96 valence electrons. The molecule has 3 nitrogen and oxygen atoms in total.